The molecule has 1 N–H and O–H groups in total. The van der Waals surface area contributed by atoms with Gasteiger partial charge in [-0.05, 0) is 25.7 Å². The van der Waals surface area contributed by atoms with E-state index >= 15 is 0 Å². The number of carboxylic acids is 1. The van der Waals surface area contributed by atoms with Gasteiger partial charge in [-0.2, -0.15) is 0 Å². The Morgan fingerprint density at radius 3 is 2.89 bits per heavy atom. The van der Waals surface area contributed by atoms with E-state index in [9.17, 15) is 14.7 Å². The Hall–Kier alpha value is -1.85. The van der Waals surface area contributed by atoms with E-state index in [2.05, 4.69) is 5.16 Å². The Kier molecular flexibility index (Phi) is 3.87. The van der Waals surface area contributed by atoms with Crippen molar-refractivity contribution in [3.8, 4) is 0 Å². The number of hydrogen-bond donors (Lipinski definition) is 1. The highest BCUT2D eigenvalue weighted by Gasteiger charge is 2.34. The van der Waals surface area contributed by atoms with Crippen LogP contribution >= 0.6 is 0 Å². The molecule has 0 aliphatic carbocycles. The van der Waals surface area contributed by atoms with E-state index in [0.29, 0.717) is 30.3 Å². The highest BCUT2D eigenvalue weighted by Crippen LogP contribution is 2.23. The topological polar surface area (TPSA) is 83.6 Å². The van der Waals surface area contributed by atoms with Gasteiger partial charge in [0.25, 0.3) is 0 Å². The zero-order valence-corrected chi connectivity index (χ0v) is 11.1. The number of aliphatic carboxylic acids is 1. The van der Waals surface area contributed by atoms with E-state index in [4.69, 9.17) is 4.52 Å². The van der Waals surface area contributed by atoms with Crippen molar-refractivity contribution in [2.45, 2.75) is 39.2 Å². The molecule has 1 fully saturated rings. The number of hydrogen-bond acceptors (Lipinski definition) is 4. The van der Waals surface area contributed by atoms with Crippen LogP contribution in [0.4, 0.5) is 0 Å². The average molecular weight is 266 g/mol. The highest BCUT2D eigenvalue weighted by atomic mass is 16.5. The predicted molar refractivity (Wildman–Crippen MR) is 66.5 cm³/mol. The molecular formula is C13H18N2O4. The summed E-state index contributed by atoms with van der Waals surface area (Å²) >= 11 is 0. The molecule has 1 aromatic heterocycles. The third-order valence-electron chi connectivity index (χ3n) is 3.48. The highest BCUT2D eigenvalue weighted by molar-refractivity contribution is 5.85. The molecule has 1 aromatic rings. The van der Waals surface area contributed by atoms with Gasteiger partial charge < -0.3 is 14.5 Å². The van der Waals surface area contributed by atoms with Crippen molar-refractivity contribution < 1.29 is 19.2 Å². The van der Waals surface area contributed by atoms with Gasteiger partial charge in [0.2, 0.25) is 5.91 Å². The Morgan fingerprint density at radius 2 is 2.32 bits per heavy atom. The molecule has 2 heterocycles. The summed E-state index contributed by atoms with van der Waals surface area (Å²) in [5.74, 6) is -0.159. The number of amides is 1. The number of aryl methyl sites for hydroxylation is 1. The molecule has 1 aliphatic rings. The zero-order chi connectivity index (χ0) is 14.0. The van der Waals surface area contributed by atoms with E-state index in [0.717, 1.165) is 6.42 Å². The van der Waals surface area contributed by atoms with Crippen molar-refractivity contribution in [3.63, 3.8) is 0 Å². The Morgan fingerprint density at radius 1 is 1.58 bits per heavy atom. The molecular weight excluding hydrogens is 248 g/mol. The van der Waals surface area contributed by atoms with Gasteiger partial charge in [-0.15, -0.1) is 0 Å². The van der Waals surface area contributed by atoms with Crippen molar-refractivity contribution in [2.75, 3.05) is 6.54 Å². The van der Waals surface area contributed by atoms with Crippen LogP contribution in [0, 0.1) is 12.8 Å². The van der Waals surface area contributed by atoms with Crippen LogP contribution in [0.15, 0.2) is 10.6 Å². The molecule has 0 radical (unpaired) electrons. The van der Waals surface area contributed by atoms with Gasteiger partial charge in [-0.25, -0.2) is 4.79 Å². The molecule has 0 saturated carbocycles. The first-order valence-corrected chi connectivity index (χ1v) is 6.42. The van der Waals surface area contributed by atoms with Gasteiger partial charge in [0.05, 0.1) is 12.1 Å². The van der Waals surface area contributed by atoms with E-state index in [1.807, 2.05) is 6.92 Å². The molecule has 2 unspecified atom stereocenters. The van der Waals surface area contributed by atoms with E-state index < -0.39 is 12.0 Å². The Bertz CT molecular complexity index is 483. The van der Waals surface area contributed by atoms with Crippen molar-refractivity contribution >= 4 is 11.9 Å². The lowest BCUT2D eigenvalue weighted by Crippen LogP contribution is -2.50. The second-order valence-electron chi connectivity index (χ2n) is 5.18. The van der Waals surface area contributed by atoms with Crippen molar-refractivity contribution in [2.24, 2.45) is 5.92 Å². The minimum Gasteiger partial charge on any atom is -0.480 e. The van der Waals surface area contributed by atoms with Crippen LogP contribution in [0.3, 0.4) is 0 Å². The lowest BCUT2D eigenvalue weighted by Gasteiger charge is -2.35. The first-order valence-electron chi connectivity index (χ1n) is 6.42. The van der Waals surface area contributed by atoms with E-state index in [1.54, 1.807) is 13.0 Å². The van der Waals surface area contributed by atoms with Gasteiger partial charge in [0.1, 0.15) is 11.8 Å². The molecule has 2 atom stereocenters. The van der Waals surface area contributed by atoms with Gasteiger partial charge in [-0.3, -0.25) is 4.79 Å². The van der Waals surface area contributed by atoms with Gasteiger partial charge >= 0.3 is 5.97 Å². The fourth-order valence-corrected chi connectivity index (χ4v) is 2.43. The largest absolute Gasteiger partial charge is 0.480 e. The second kappa shape index (κ2) is 5.42. The van der Waals surface area contributed by atoms with E-state index in [-0.39, 0.29) is 12.3 Å². The monoisotopic (exact) mass is 266 g/mol. The average Bonchev–Trinajstić information content (AvgIpc) is 2.74. The molecule has 1 amide bonds. The summed E-state index contributed by atoms with van der Waals surface area (Å²) in [7, 11) is 0. The minimum atomic E-state index is -0.934. The van der Waals surface area contributed by atoms with Crippen LogP contribution in [-0.2, 0) is 16.0 Å². The first-order chi connectivity index (χ1) is 8.97. The summed E-state index contributed by atoms with van der Waals surface area (Å²) in [5, 5.41) is 13.0. The maximum absolute atomic E-state index is 12.2. The van der Waals surface area contributed by atoms with Crippen LogP contribution in [0.5, 0.6) is 0 Å². The quantitative estimate of drug-likeness (QED) is 0.889. The fourth-order valence-electron chi connectivity index (χ4n) is 2.43. The summed E-state index contributed by atoms with van der Waals surface area (Å²) in [6, 6.07) is 0.976. The number of aromatic nitrogens is 1. The Balaban J connectivity index is 2.06. The number of piperidine rings is 1. The van der Waals surface area contributed by atoms with Crippen LogP contribution in [0.2, 0.25) is 0 Å². The molecule has 0 bridgehead atoms. The SMILES string of the molecule is Cc1cc(CC(=O)N2CCC(C)CC2C(=O)O)no1. The third-order valence-corrected chi connectivity index (χ3v) is 3.48. The van der Waals surface area contributed by atoms with Gasteiger partial charge in [-0.1, -0.05) is 12.1 Å². The summed E-state index contributed by atoms with van der Waals surface area (Å²) in [5.41, 5.74) is 0.547. The summed E-state index contributed by atoms with van der Waals surface area (Å²) in [4.78, 5) is 24.9. The summed E-state index contributed by atoms with van der Waals surface area (Å²) in [6.45, 7) is 4.26. The predicted octanol–water partition coefficient (Wildman–Crippen LogP) is 1.24. The lowest BCUT2D eigenvalue weighted by molar-refractivity contribution is -0.152. The molecule has 1 saturated heterocycles. The number of carbonyl (C=O) groups excluding carboxylic acids is 1. The molecule has 0 aromatic carbocycles. The smallest absolute Gasteiger partial charge is 0.326 e. The molecule has 6 nitrogen and oxygen atoms in total. The zero-order valence-electron chi connectivity index (χ0n) is 11.1. The van der Waals surface area contributed by atoms with Crippen LogP contribution in [0.1, 0.15) is 31.2 Å². The minimum absolute atomic E-state index is 0.0928. The second-order valence-corrected chi connectivity index (χ2v) is 5.18. The molecule has 19 heavy (non-hydrogen) atoms. The number of carboxylic acid groups (broad SMARTS) is 1. The van der Waals surface area contributed by atoms with Gasteiger partial charge in [0.15, 0.2) is 0 Å². The number of carbonyl (C=O) groups is 2. The maximum Gasteiger partial charge on any atom is 0.326 e. The third kappa shape index (κ3) is 3.13. The van der Waals surface area contributed by atoms with Gasteiger partial charge in [0, 0.05) is 12.6 Å². The van der Waals surface area contributed by atoms with Crippen LogP contribution in [-0.4, -0.2) is 39.6 Å². The molecule has 104 valence electrons. The van der Waals surface area contributed by atoms with E-state index in [1.165, 1.54) is 4.90 Å². The standard InChI is InChI=1S/C13H18N2O4/c1-8-3-4-15(11(5-8)13(17)18)12(16)7-10-6-9(2)19-14-10/h6,8,11H,3-5,7H2,1-2H3,(H,17,18). The van der Waals surface area contributed by atoms with Crippen molar-refractivity contribution in [3.05, 3.63) is 17.5 Å². The molecule has 0 spiro atoms. The molecule has 1 aliphatic heterocycles. The molecule has 6 heteroatoms. The lowest BCUT2D eigenvalue weighted by atomic mass is 9.92. The Labute approximate surface area is 111 Å². The van der Waals surface area contributed by atoms with Crippen molar-refractivity contribution in [1.29, 1.82) is 0 Å². The first kappa shape index (κ1) is 13.6. The number of nitrogens with zero attached hydrogens (tertiary/aromatic N) is 2. The van der Waals surface area contributed by atoms with Crippen molar-refractivity contribution in [1.82, 2.24) is 10.1 Å². The normalized spacial score (nSPS) is 23.4. The fraction of sp³-hybridized carbons (Fsp3) is 0.615. The summed E-state index contributed by atoms with van der Waals surface area (Å²) in [6.07, 6.45) is 1.45. The number of likely N-dealkylation sites (tertiary alicyclic amines) is 1. The maximum atomic E-state index is 12.2. The number of rotatable bonds is 3. The summed E-state index contributed by atoms with van der Waals surface area (Å²) < 4.78 is 4.91. The molecule has 2 rings (SSSR count). The van der Waals surface area contributed by atoms with Crippen LogP contribution in [0.25, 0.3) is 0 Å². The van der Waals surface area contributed by atoms with Crippen LogP contribution < -0.4 is 0 Å².